The van der Waals surface area contributed by atoms with Gasteiger partial charge in [-0.3, -0.25) is 0 Å². The molecule has 0 radical (unpaired) electrons. The number of carbonyl (C=O) groups is 4. The fraction of sp³-hybridized carbons (Fsp3) is 0.125. The van der Waals surface area contributed by atoms with E-state index in [1.807, 2.05) is 0 Å². The molecule has 0 saturated carbocycles. The molecule has 0 aliphatic rings. The molecule has 4 rings (SSSR count). The Bertz CT molecular complexity index is 1370. The molecule has 228 valence electrons. The first-order chi connectivity index (χ1) is 20.8. The predicted molar refractivity (Wildman–Crippen MR) is 174 cm³/mol. The summed E-state index contributed by atoms with van der Waals surface area (Å²) in [6.07, 6.45) is 0. The third-order valence-corrected chi connectivity index (χ3v) is 9.02. The molecular formula is C32H24CeO8S4. The summed E-state index contributed by atoms with van der Waals surface area (Å²) in [6, 6.07) is 25.2. The number of hydrogen-bond donors (Lipinski definition) is 4. The van der Waals surface area contributed by atoms with E-state index in [2.05, 4.69) is 0 Å². The van der Waals surface area contributed by atoms with Crippen molar-refractivity contribution >= 4 is 74.4 Å². The number of carboxylic acids is 4. The van der Waals surface area contributed by atoms with Crippen molar-refractivity contribution in [3.05, 3.63) is 142 Å². The molecule has 0 saturated heterocycles. The topological polar surface area (TPSA) is 149 Å². The summed E-state index contributed by atoms with van der Waals surface area (Å²) >= 11 is 21.7. The Morgan fingerprint density at radius 1 is 0.356 bits per heavy atom. The van der Waals surface area contributed by atoms with Crippen LogP contribution in [0, 0.1) is 41.7 Å². The predicted octanol–water partition coefficient (Wildman–Crippen LogP) is 5.92. The van der Waals surface area contributed by atoms with Crippen LogP contribution in [0.5, 0.6) is 0 Å². The first-order valence-electron chi connectivity index (χ1n) is 12.8. The van der Waals surface area contributed by atoms with Crippen LogP contribution in [-0.4, -0.2) is 44.3 Å². The van der Waals surface area contributed by atoms with Crippen molar-refractivity contribution in [3.8, 4) is 0 Å². The number of carboxylic acid groups (broad SMARTS) is 4. The first-order valence-corrected chi connectivity index (χ1v) is 14.6. The van der Waals surface area contributed by atoms with Crippen molar-refractivity contribution in [3.63, 3.8) is 0 Å². The van der Waals surface area contributed by atoms with Crippen LogP contribution < -0.4 is 0 Å². The maximum Gasteiger partial charge on any atom is 4.00 e. The van der Waals surface area contributed by atoms with E-state index < -0.39 is 44.9 Å². The van der Waals surface area contributed by atoms with Gasteiger partial charge in [-0.05, 0) is 48.5 Å². The van der Waals surface area contributed by atoms with Gasteiger partial charge in [0.1, 0.15) is 0 Å². The Labute approximate surface area is 315 Å². The molecule has 0 aliphatic heterocycles. The van der Waals surface area contributed by atoms with Crippen LogP contribution in [0.2, 0.25) is 0 Å². The molecule has 0 fully saturated rings. The third-order valence-electron chi connectivity index (χ3n) is 6.49. The Morgan fingerprint density at radius 2 is 0.489 bits per heavy atom. The molecule has 4 unspecified atom stereocenters. The molecular weight excluding hydrogens is 781 g/mol. The Morgan fingerprint density at radius 3 is 0.600 bits per heavy atom. The van der Waals surface area contributed by atoms with Gasteiger partial charge in [-0.15, -0.1) is 0 Å². The van der Waals surface area contributed by atoms with Gasteiger partial charge >= 0.3 is 65.6 Å². The van der Waals surface area contributed by atoms with Gasteiger partial charge in [0.2, 0.25) is 0 Å². The van der Waals surface area contributed by atoms with Crippen LogP contribution in [0.1, 0.15) is 84.7 Å². The van der Waals surface area contributed by atoms with Crippen molar-refractivity contribution in [2.45, 2.75) is 21.0 Å². The van der Waals surface area contributed by atoms with Crippen LogP contribution in [-0.2, 0) is 50.5 Å². The van der Waals surface area contributed by atoms with Crippen molar-refractivity contribution in [2.75, 3.05) is 0 Å². The zero-order chi connectivity index (χ0) is 32.6. The molecule has 4 aromatic rings. The minimum absolute atomic E-state index is 0. The molecule has 0 aromatic heterocycles. The minimum Gasteiger partial charge on any atom is -0.786 e. The van der Waals surface area contributed by atoms with Crippen LogP contribution >= 0.6 is 0 Å². The Balaban J connectivity index is 0.000000307. The summed E-state index contributed by atoms with van der Waals surface area (Å²) in [5.41, 5.74) is 3.83. The van der Waals surface area contributed by atoms with E-state index in [9.17, 15) is 19.2 Å². The van der Waals surface area contributed by atoms with E-state index in [0.717, 1.165) is 22.3 Å². The molecule has 13 heteroatoms. The van der Waals surface area contributed by atoms with E-state index in [0.29, 0.717) is 0 Å². The summed E-state index contributed by atoms with van der Waals surface area (Å²) in [5.74, 6) is -3.98. The van der Waals surface area contributed by atoms with Crippen LogP contribution in [0.15, 0.2) is 97.1 Å². The number of rotatable bonds is 10. The minimum atomic E-state index is -0.994. The summed E-state index contributed by atoms with van der Waals surface area (Å²) in [5, 5.41) is 33.9. The van der Waals surface area contributed by atoms with Gasteiger partial charge in [0.25, 0.3) is 0 Å². The molecule has 0 spiro atoms. The molecule has 4 N–H and O–H groups in total. The van der Waals surface area contributed by atoms with Gasteiger partial charge in [-0.25, -0.2) is 19.2 Å². The second kappa shape index (κ2) is 18.0. The molecule has 4 aromatic carbocycles. The van der Waals surface area contributed by atoms with Gasteiger partial charge in [0.15, 0.2) is 0 Å². The molecule has 45 heavy (non-hydrogen) atoms. The van der Waals surface area contributed by atoms with Crippen LogP contribution in [0.3, 0.4) is 0 Å². The molecule has 4 atom stereocenters. The maximum atomic E-state index is 10.8. The molecule has 0 amide bonds. The maximum absolute atomic E-state index is 10.8. The van der Waals surface area contributed by atoms with E-state index in [1.54, 1.807) is 48.5 Å². The monoisotopic (exact) mass is 804 g/mol. The standard InChI is InChI=1S/2C16H14O4S2.Ce/c2*17-15(18)11-5-1-9(2-6-11)13(21)14(22)10-3-7-12(8-4-10)16(19)20;/h2*1-8,13-14,21-22H,(H,17,18)(H,19,20);/q;;+4/p-4. The summed E-state index contributed by atoms with van der Waals surface area (Å²) in [7, 11) is 0. The van der Waals surface area contributed by atoms with Crippen molar-refractivity contribution in [1.82, 2.24) is 0 Å². The molecule has 0 bridgehead atoms. The average molecular weight is 805 g/mol. The smallest absolute Gasteiger partial charge is 0.786 e. The second-order valence-electron chi connectivity index (χ2n) is 9.39. The van der Waals surface area contributed by atoms with Crippen LogP contribution in [0.4, 0.5) is 0 Å². The summed E-state index contributed by atoms with van der Waals surface area (Å²) in [6.45, 7) is 0. The molecule has 0 heterocycles. The first kappa shape index (κ1) is 38.7. The van der Waals surface area contributed by atoms with Crippen molar-refractivity contribution in [2.24, 2.45) is 0 Å². The van der Waals surface area contributed by atoms with Gasteiger partial charge in [-0.2, -0.15) is 21.0 Å². The fourth-order valence-electron chi connectivity index (χ4n) is 3.96. The summed E-state index contributed by atoms with van der Waals surface area (Å²) < 4.78 is 0. The fourth-order valence-corrected chi connectivity index (χ4v) is 5.22. The van der Waals surface area contributed by atoms with Gasteiger partial charge in [0.05, 0.1) is 22.3 Å². The molecule has 8 nitrogen and oxygen atoms in total. The van der Waals surface area contributed by atoms with Gasteiger partial charge < -0.3 is 70.9 Å². The Kier molecular flexibility index (Phi) is 15.5. The van der Waals surface area contributed by atoms with E-state index in [1.165, 1.54) is 48.5 Å². The SMILES string of the molecule is O=C(O)c1ccc(C([S-])C([S-])c2ccc(C(=O)O)cc2)cc1.O=C(O)c1ccc(C([S-])C([S-])c2ccc(C(=O)O)cc2)cc1.[Ce+4]. The van der Waals surface area contributed by atoms with Crippen molar-refractivity contribution < 1.29 is 81.4 Å². The molecule has 0 aliphatic carbocycles. The van der Waals surface area contributed by atoms with Crippen LogP contribution in [0.25, 0.3) is 0 Å². The van der Waals surface area contributed by atoms with E-state index in [-0.39, 0.29) is 64.0 Å². The number of hydrogen-bond acceptors (Lipinski definition) is 8. The Hall–Kier alpha value is -2.46. The third kappa shape index (κ3) is 10.8. The van der Waals surface area contributed by atoms with E-state index >= 15 is 0 Å². The van der Waals surface area contributed by atoms with Gasteiger partial charge in [-0.1, -0.05) is 70.8 Å². The van der Waals surface area contributed by atoms with Crippen molar-refractivity contribution in [1.29, 1.82) is 0 Å². The normalized spacial score (nSPS) is 13.1. The summed E-state index contributed by atoms with van der Waals surface area (Å²) in [4.78, 5) is 43.3. The largest absolute Gasteiger partial charge is 4.00 e. The quantitative estimate of drug-likeness (QED) is 0.141. The second-order valence-corrected chi connectivity index (χ2v) is 11.4. The zero-order valence-corrected chi connectivity index (χ0v) is 29.5. The number of aromatic carboxylic acids is 4. The number of benzene rings is 4. The zero-order valence-electron chi connectivity index (χ0n) is 23.1. The van der Waals surface area contributed by atoms with Gasteiger partial charge in [0, 0.05) is 0 Å². The van der Waals surface area contributed by atoms with E-state index in [4.69, 9.17) is 70.9 Å². The average Bonchev–Trinajstić information content (AvgIpc) is 3.03.